The van der Waals surface area contributed by atoms with Crippen LogP contribution in [0, 0.1) is 23.7 Å². The van der Waals surface area contributed by atoms with Crippen molar-refractivity contribution in [2.24, 2.45) is 0 Å². The summed E-state index contributed by atoms with van der Waals surface area (Å²) < 4.78 is 0. The van der Waals surface area contributed by atoms with Crippen molar-refractivity contribution in [1.29, 1.82) is 0 Å². The summed E-state index contributed by atoms with van der Waals surface area (Å²) in [6.45, 7) is 4.44. The van der Waals surface area contributed by atoms with Crippen molar-refractivity contribution >= 4 is 47.0 Å². The molecule has 0 amide bonds. The summed E-state index contributed by atoms with van der Waals surface area (Å²) in [5, 5.41) is 0. The van der Waals surface area contributed by atoms with E-state index in [0.29, 0.717) is 0 Å². The fourth-order valence-corrected chi connectivity index (χ4v) is 5.55. The highest BCUT2D eigenvalue weighted by atomic mass is 32.1. The molecule has 0 aliphatic heterocycles. The van der Waals surface area contributed by atoms with Gasteiger partial charge in [0, 0.05) is 35.0 Å². The SMILES string of the molecule is CCCCCC#Cc1ccc(C=Cc2ccnc(-c3cc(/C=C/c4ccc(C#CCCCCC)s4)ccn3)c2)s1. The molecule has 202 valence electrons. The maximum atomic E-state index is 4.58. The number of rotatable bonds is 11. The smallest absolute Gasteiger partial charge is 0.0892 e. The summed E-state index contributed by atoms with van der Waals surface area (Å²) >= 11 is 3.45. The molecule has 4 heteroatoms. The Hall–Kier alpha value is -3.70. The van der Waals surface area contributed by atoms with Crippen molar-refractivity contribution < 1.29 is 0 Å². The van der Waals surface area contributed by atoms with Gasteiger partial charge in [0.25, 0.3) is 0 Å². The van der Waals surface area contributed by atoms with E-state index >= 15 is 0 Å². The Morgan fingerprint density at radius 2 is 1.07 bits per heavy atom. The highest BCUT2D eigenvalue weighted by Crippen LogP contribution is 2.23. The molecule has 4 rings (SSSR count). The molecule has 0 aliphatic carbocycles. The van der Waals surface area contributed by atoms with E-state index in [-0.39, 0.29) is 0 Å². The highest BCUT2D eigenvalue weighted by Gasteiger charge is 2.03. The standard InChI is InChI=1S/C36H36N2S2/c1-3-5-7-9-11-13-31-19-21-33(39-31)17-15-29-23-25-37-35(27-29)36-28-30(24-26-38-36)16-18-34-22-20-32(40-34)14-12-10-8-6-4-2/h15-28H,3-10H2,1-2H3/b17-15+,18-16?. The van der Waals surface area contributed by atoms with Crippen LogP contribution in [0.25, 0.3) is 35.7 Å². The molecule has 4 heterocycles. The van der Waals surface area contributed by atoms with Gasteiger partial charge in [-0.1, -0.05) is 75.4 Å². The van der Waals surface area contributed by atoms with Crippen LogP contribution in [0.3, 0.4) is 0 Å². The molecule has 2 nitrogen and oxygen atoms in total. The Kier molecular flexibility index (Phi) is 12.0. The lowest BCUT2D eigenvalue weighted by atomic mass is 10.1. The zero-order valence-corrected chi connectivity index (χ0v) is 25.1. The molecule has 0 atom stereocenters. The third kappa shape index (κ3) is 9.80. The van der Waals surface area contributed by atoms with Crippen molar-refractivity contribution in [3.8, 4) is 35.1 Å². The van der Waals surface area contributed by atoms with Crippen LogP contribution in [0.15, 0.2) is 60.9 Å². The molecule has 0 aromatic carbocycles. The first kappa shape index (κ1) is 29.3. The van der Waals surface area contributed by atoms with Gasteiger partial charge in [-0.15, -0.1) is 22.7 Å². The fourth-order valence-electron chi connectivity index (χ4n) is 3.98. The van der Waals surface area contributed by atoms with Crippen molar-refractivity contribution in [2.45, 2.75) is 65.2 Å². The average Bonchev–Trinajstić information content (AvgIpc) is 3.64. The Balaban J connectivity index is 1.38. The molecular weight excluding hydrogens is 525 g/mol. The zero-order valence-electron chi connectivity index (χ0n) is 23.5. The molecule has 0 unspecified atom stereocenters. The second kappa shape index (κ2) is 16.4. The number of unbranched alkanes of at least 4 members (excludes halogenated alkanes) is 6. The first-order valence-corrected chi connectivity index (χ1v) is 15.8. The molecule has 0 fully saturated rings. The molecule has 0 saturated carbocycles. The largest absolute Gasteiger partial charge is 0.255 e. The van der Waals surface area contributed by atoms with Gasteiger partial charge in [0.2, 0.25) is 0 Å². The van der Waals surface area contributed by atoms with Crippen LogP contribution in [0.1, 0.15) is 95.8 Å². The number of thiophene rings is 2. The predicted octanol–water partition coefficient (Wildman–Crippen LogP) is 10.5. The first-order valence-electron chi connectivity index (χ1n) is 14.2. The van der Waals surface area contributed by atoms with E-state index in [4.69, 9.17) is 0 Å². The quantitative estimate of drug-likeness (QED) is 0.135. The highest BCUT2D eigenvalue weighted by molar-refractivity contribution is 7.13. The normalized spacial score (nSPS) is 10.9. The van der Waals surface area contributed by atoms with Crippen LogP contribution in [-0.4, -0.2) is 9.97 Å². The maximum absolute atomic E-state index is 4.58. The zero-order chi connectivity index (χ0) is 27.8. The number of hydrogen-bond acceptors (Lipinski definition) is 4. The van der Waals surface area contributed by atoms with Gasteiger partial charge >= 0.3 is 0 Å². The Morgan fingerprint density at radius 3 is 1.52 bits per heavy atom. The minimum Gasteiger partial charge on any atom is -0.255 e. The molecule has 0 radical (unpaired) electrons. The van der Waals surface area contributed by atoms with E-state index in [1.807, 2.05) is 24.5 Å². The van der Waals surface area contributed by atoms with Gasteiger partial charge in [0.05, 0.1) is 21.1 Å². The Morgan fingerprint density at radius 1 is 0.600 bits per heavy atom. The van der Waals surface area contributed by atoms with Crippen LogP contribution in [-0.2, 0) is 0 Å². The first-order chi connectivity index (χ1) is 19.7. The fraction of sp³-hybridized carbons (Fsp3) is 0.278. The van der Waals surface area contributed by atoms with E-state index in [1.54, 1.807) is 22.7 Å². The van der Waals surface area contributed by atoms with Crippen molar-refractivity contribution in [2.75, 3.05) is 0 Å². The molecule has 0 spiro atoms. The predicted molar refractivity (Wildman–Crippen MR) is 176 cm³/mol. The molecule has 0 bridgehead atoms. The second-order valence-electron chi connectivity index (χ2n) is 9.54. The number of aromatic nitrogens is 2. The lowest BCUT2D eigenvalue weighted by molar-refractivity contribution is 0.737. The summed E-state index contributed by atoms with van der Waals surface area (Å²) in [6, 6.07) is 16.7. The molecule has 0 saturated heterocycles. The van der Waals surface area contributed by atoms with Crippen LogP contribution < -0.4 is 0 Å². The van der Waals surface area contributed by atoms with Gasteiger partial charge in [-0.3, -0.25) is 9.97 Å². The van der Waals surface area contributed by atoms with Crippen molar-refractivity contribution in [3.05, 3.63) is 91.6 Å². The minimum absolute atomic E-state index is 0.860. The van der Waals surface area contributed by atoms with Gasteiger partial charge in [-0.05, 0) is 84.7 Å². The Bertz CT molecular complexity index is 1430. The topological polar surface area (TPSA) is 25.8 Å². The summed E-state index contributed by atoms with van der Waals surface area (Å²) in [6.07, 6.45) is 21.5. The van der Waals surface area contributed by atoms with Crippen LogP contribution in [0.5, 0.6) is 0 Å². The van der Waals surface area contributed by atoms with Crippen molar-refractivity contribution in [3.63, 3.8) is 0 Å². The monoisotopic (exact) mass is 560 g/mol. The van der Waals surface area contributed by atoms with E-state index in [2.05, 4.69) is 108 Å². The number of hydrogen-bond donors (Lipinski definition) is 0. The van der Waals surface area contributed by atoms with Crippen LogP contribution in [0.4, 0.5) is 0 Å². The summed E-state index contributed by atoms with van der Waals surface area (Å²) in [5.41, 5.74) is 3.91. The van der Waals surface area contributed by atoms with Gasteiger partial charge in [-0.2, -0.15) is 0 Å². The maximum Gasteiger partial charge on any atom is 0.0892 e. The summed E-state index contributed by atoms with van der Waals surface area (Å²) in [4.78, 5) is 13.8. The third-order valence-electron chi connectivity index (χ3n) is 6.20. The van der Waals surface area contributed by atoms with Crippen molar-refractivity contribution in [1.82, 2.24) is 9.97 Å². The summed E-state index contributed by atoms with van der Waals surface area (Å²) in [7, 11) is 0. The van der Waals surface area contributed by atoms with Gasteiger partial charge < -0.3 is 0 Å². The molecule has 0 aliphatic rings. The number of nitrogens with zero attached hydrogens (tertiary/aromatic N) is 2. The average molecular weight is 561 g/mol. The summed E-state index contributed by atoms with van der Waals surface area (Å²) in [5.74, 6) is 13.2. The molecule has 4 aromatic heterocycles. The lowest BCUT2D eigenvalue weighted by Crippen LogP contribution is -1.88. The molecule has 40 heavy (non-hydrogen) atoms. The van der Waals surface area contributed by atoms with Gasteiger partial charge in [-0.25, -0.2) is 0 Å². The Labute approximate surface area is 248 Å². The molecular formula is C36H36N2S2. The third-order valence-corrected chi connectivity index (χ3v) is 8.13. The van der Waals surface area contributed by atoms with E-state index < -0.39 is 0 Å². The van der Waals surface area contributed by atoms with E-state index in [1.165, 1.54) is 48.3 Å². The molecule has 0 N–H and O–H groups in total. The minimum atomic E-state index is 0.860. The lowest BCUT2D eigenvalue weighted by Gasteiger charge is -2.03. The van der Waals surface area contributed by atoms with Crippen LogP contribution in [0.2, 0.25) is 0 Å². The van der Waals surface area contributed by atoms with E-state index in [9.17, 15) is 0 Å². The number of pyridine rings is 2. The van der Waals surface area contributed by atoms with Crippen LogP contribution >= 0.6 is 22.7 Å². The van der Waals surface area contributed by atoms with Gasteiger partial charge in [0.15, 0.2) is 0 Å². The van der Waals surface area contributed by atoms with Gasteiger partial charge in [0.1, 0.15) is 0 Å². The second-order valence-corrected chi connectivity index (χ2v) is 11.8. The molecule has 4 aromatic rings. The van der Waals surface area contributed by atoms with E-state index in [0.717, 1.165) is 45.1 Å².